The average Bonchev–Trinajstić information content (AvgIpc) is 2.72. The Morgan fingerprint density at radius 3 is 2.71 bits per heavy atom. The second kappa shape index (κ2) is 4.64. The van der Waals surface area contributed by atoms with Gasteiger partial charge in [0.25, 0.3) is 0 Å². The third-order valence-electron chi connectivity index (χ3n) is 1.96. The van der Waals surface area contributed by atoms with Gasteiger partial charge in [-0.3, -0.25) is 0 Å². The molecule has 5 heteroatoms. The Labute approximate surface area is 90.9 Å². The fourth-order valence-electron chi connectivity index (χ4n) is 1.36. The van der Waals surface area contributed by atoms with E-state index in [-0.39, 0.29) is 0 Å². The molecule has 1 heterocycles. The van der Waals surface area contributed by atoms with Crippen LogP contribution in [-0.2, 0) is 0 Å². The van der Waals surface area contributed by atoms with Crippen molar-refractivity contribution in [2.24, 2.45) is 5.11 Å². The zero-order valence-corrected chi connectivity index (χ0v) is 9.09. The molecule has 1 saturated heterocycles. The highest BCUT2D eigenvalue weighted by atomic mass is 32.2. The summed E-state index contributed by atoms with van der Waals surface area (Å²) in [5.41, 5.74) is 10.3. The van der Waals surface area contributed by atoms with E-state index < -0.39 is 0 Å². The van der Waals surface area contributed by atoms with Crippen molar-refractivity contribution in [1.29, 1.82) is 0 Å². The average molecular weight is 223 g/mol. The van der Waals surface area contributed by atoms with Crippen LogP contribution in [0.25, 0.3) is 10.4 Å². The Morgan fingerprint density at radius 1 is 1.29 bits per heavy atom. The van der Waals surface area contributed by atoms with Gasteiger partial charge < -0.3 is 0 Å². The molecule has 0 radical (unpaired) electrons. The normalized spacial score (nSPS) is 16.6. The van der Waals surface area contributed by atoms with E-state index in [1.54, 1.807) is 0 Å². The highest BCUT2D eigenvalue weighted by molar-refractivity contribution is 8.19. The van der Waals surface area contributed by atoms with Crippen LogP contribution in [0.4, 0.5) is 5.69 Å². The molecule has 3 nitrogen and oxygen atoms in total. The number of nitrogens with zero attached hydrogens (tertiary/aromatic N) is 3. The fraction of sp³-hybridized carbons (Fsp3) is 0.333. The smallest absolute Gasteiger partial charge is 0.0756 e. The van der Waals surface area contributed by atoms with Crippen molar-refractivity contribution >= 4 is 29.2 Å². The van der Waals surface area contributed by atoms with Gasteiger partial charge in [-0.2, -0.15) is 0 Å². The molecule has 14 heavy (non-hydrogen) atoms. The fourth-order valence-corrected chi connectivity index (χ4v) is 4.28. The van der Waals surface area contributed by atoms with Crippen LogP contribution in [-0.4, -0.2) is 11.5 Å². The Kier molecular flexibility index (Phi) is 3.24. The third kappa shape index (κ3) is 2.00. The zero-order chi connectivity index (χ0) is 9.80. The van der Waals surface area contributed by atoms with Crippen LogP contribution < -0.4 is 0 Å². The number of azide groups is 1. The molecule has 0 unspecified atom stereocenters. The first kappa shape index (κ1) is 9.77. The van der Waals surface area contributed by atoms with Crippen molar-refractivity contribution in [3.63, 3.8) is 0 Å². The number of hydrogen-bond acceptors (Lipinski definition) is 3. The summed E-state index contributed by atoms with van der Waals surface area (Å²) < 4.78 is 0.441. The lowest BCUT2D eigenvalue weighted by Gasteiger charge is -2.10. The molecule has 2 rings (SSSR count). The first-order valence-electron chi connectivity index (χ1n) is 4.29. The van der Waals surface area contributed by atoms with E-state index in [0.717, 1.165) is 11.3 Å². The second-order valence-electron chi connectivity index (χ2n) is 2.82. The van der Waals surface area contributed by atoms with E-state index in [0.29, 0.717) is 4.58 Å². The summed E-state index contributed by atoms with van der Waals surface area (Å²) in [7, 11) is 0. The lowest BCUT2D eigenvalue weighted by atomic mass is 10.2. The molecule has 1 aliphatic heterocycles. The number of benzene rings is 1. The minimum absolute atomic E-state index is 0.441. The Morgan fingerprint density at radius 2 is 2.00 bits per heavy atom. The van der Waals surface area contributed by atoms with Crippen LogP contribution in [0.1, 0.15) is 10.1 Å². The Bertz CT molecular complexity index is 368. The molecular formula is C9H9N3S2. The number of thioether (sulfide) groups is 2. The van der Waals surface area contributed by atoms with E-state index >= 15 is 0 Å². The van der Waals surface area contributed by atoms with Gasteiger partial charge in [-0.15, -0.1) is 23.5 Å². The first-order valence-corrected chi connectivity index (χ1v) is 6.39. The van der Waals surface area contributed by atoms with Crippen LogP contribution in [0.15, 0.2) is 29.4 Å². The Hall–Kier alpha value is -0.770. The largest absolute Gasteiger partial charge is 0.142 e. The van der Waals surface area contributed by atoms with Crippen LogP contribution in [0.3, 0.4) is 0 Å². The lowest BCUT2D eigenvalue weighted by molar-refractivity contribution is 1.33. The third-order valence-corrected chi connectivity index (χ3v) is 5.03. The van der Waals surface area contributed by atoms with E-state index in [9.17, 15) is 0 Å². The Balaban J connectivity index is 2.34. The maximum atomic E-state index is 8.43. The van der Waals surface area contributed by atoms with E-state index in [2.05, 4.69) is 10.0 Å². The number of hydrogen-bond donors (Lipinski definition) is 0. The SMILES string of the molecule is [N-]=[N+]=Nc1ccccc1C1SCCS1. The van der Waals surface area contributed by atoms with Crippen LogP contribution in [0, 0.1) is 0 Å². The van der Waals surface area contributed by atoms with E-state index in [1.165, 1.54) is 11.5 Å². The van der Waals surface area contributed by atoms with Crippen LogP contribution >= 0.6 is 23.5 Å². The summed E-state index contributed by atoms with van der Waals surface area (Å²) >= 11 is 3.83. The van der Waals surface area contributed by atoms with Gasteiger partial charge in [0.05, 0.1) is 4.58 Å². The van der Waals surface area contributed by atoms with Crippen molar-refractivity contribution in [2.45, 2.75) is 4.58 Å². The van der Waals surface area contributed by atoms with Gasteiger partial charge in [0, 0.05) is 22.1 Å². The molecule has 72 valence electrons. The van der Waals surface area contributed by atoms with Crippen molar-refractivity contribution in [1.82, 2.24) is 0 Å². The van der Waals surface area contributed by atoms with Crippen LogP contribution in [0.5, 0.6) is 0 Å². The van der Waals surface area contributed by atoms with Gasteiger partial charge in [0.2, 0.25) is 0 Å². The summed E-state index contributed by atoms with van der Waals surface area (Å²) in [5, 5.41) is 3.71. The molecule has 1 aromatic rings. The molecule has 1 aliphatic rings. The molecule has 0 spiro atoms. The maximum absolute atomic E-state index is 8.43. The monoisotopic (exact) mass is 223 g/mol. The molecule has 0 N–H and O–H groups in total. The van der Waals surface area contributed by atoms with Gasteiger partial charge in [0.1, 0.15) is 0 Å². The highest BCUT2D eigenvalue weighted by Crippen LogP contribution is 2.48. The standard InChI is InChI=1S/C9H9N3S2/c10-12-11-8-4-2-1-3-7(8)9-13-5-6-14-9/h1-4,9H,5-6H2. The van der Waals surface area contributed by atoms with Crippen molar-refractivity contribution in [2.75, 3.05) is 11.5 Å². The van der Waals surface area contributed by atoms with Gasteiger partial charge in [0.15, 0.2) is 0 Å². The highest BCUT2D eigenvalue weighted by Gasteiger charge is 2.19. The lowest BCUT2D eigenvalue weighted by Crippen LogP contribution is -1.84. The topological polar surface area (TPSA) is 48.8 Å². The maximum Gasteiger partial charge on any atom is 0.0756 e. The van der Waals surface area contributed by atoms with Crippen molar-refractivity contribution in [3.8, 4) is 0 Å². The van der Waals surface area contributed by atoms with Crippen molar-refractivity contribution in [3.05, 3.63) is 40.3 Å². The number of rotatable bonds is 2. The van der Waals surface area contributed by atoms with Gasteiger partial charge in [-0.1, -0.05) is 29.4 Å². The van der Waals surface area contributed by atoms with Crippen molar-refractivity contribution < 1.29 is 0 Å². The summed E-state index contributed by atoms with van der Waals surface area (Å²) in [6.07, 6.45) is 0. The predicted molar refractivity (Wildman–Crippen MR) is 62.9 cm³/mol. The zero-order valence-electron chi connectivity index (χ0n) is 7.46. The summed E-state index contributed by atoms with van der Waals surface area (Å²) in [6.45, 7) is 0. The molecule has 0 aliphatic carbocycles. The minimum atomic E-state index is 0.441. The molecule has 0 aromatic heterocycles. The molecule has 0 saturated carbocycles. The first-order chi connectivity index (χ1) is 6.92. The quantitative estimate of drug-likeness (QED) is 0.430. The summed E-state index contributed by atoms with van der Waals surface area (Å²) in [6, 6.07) is 7.80. The second-order valence-corrected chi connectivity index (χ2v) is 5.55. The molecule has 1 fully saturated rings. The molecule has 0 bridgehead atoms. The molecule has 0 atom stereocenters. The summed E-state index contributed by atoms with van der Waals surface area (Å²) in [5.74, 6) is 2.36. The molecule has 1 aromatic carbocycles. The van der Waals surface area contributed by atoms with Crippen LogP contribution in [0.2, 0.25) is 0 Å². The van der Waals surface area contributed by atoms with E-state index in [1.807, 2.05) is 47.8 Å². The van der Waals surface area contributed by atoms with E-state index in [4.69, 9.17) is 5.53 Å². The van der Waals surface area contributed by atoms with Gasteiger partial charge in [-0.05, 0) is 11.1 Å². The predicted octanol–water partition coefficient (Wildman–Crippen LogP) is 4.11. The van der Waals surface area contributed by atoms with Gasteiger partial charge >= 0.3 is 0 Å². The summed E-state index contributed by atoms with van der Waals surface area (Å²) in [4.78, 5) is 2.84. The van der Waals surface area contributed by atoms with Gasteiger partial charge in [-0.25, -0.2) is 0 Å². The minimum Gasteiger partial charge on any atom is -0.142 e. The molecular weight excluding hydrogens is 214 g/mol. The molecule has 0 amide bonds.